The minimum Gasteiger partial charge on any atom is -0.298 e. The number of piperidine rings is 1. The summed E-state index contributed by atoms with van der Waals surface area (Å²) >= 11 is 0. The molecule has 0 amide bonds. The second kappa shape index (κ2) is 5.81. The van der Waals surface area contributed by atoms with Crippen molar-refractivity contribution in [3.05, 3.63) is 0 Å². The lowest BCUT2D eigenvalue weighted by atomic mass is 9.78. The number of rotatable bonds is 5. The van der Waals surface area contributed by atoms with Crippen LogP contribution in [0.15, 0.2) is 0 Å². The molecule has 16 heavy (non-hydrogen) atoms. The van der Waals surface area contributed by atoms with Gasteiger partial charge >= 0.3 is 0 Å². The normalized spacial score (nSPS) is 23.0. The average molecular weight is 225 g/mol. The number of nitrogens with zero attached hydrogens (tertiary/aromatic N) is 1. The lowest BCUT2D eigenvalue weighted by Crippen LogP contribution is -2.41. The molecule has 0 radical (unpaired) electrons. The molecule has 1 unspecified atom stereocenters. The third kappa shape index (κ3) is 3.58. The Balaban J connectivity index is 2.35. The highest BCUT2D eigenvalue weighted by molar-refractivity contribution is 5.82. The first-order chi connectivity index (χ1) is 7.50. The van der Waals surface area contributed by atoms with Crippen LogP contribution in [0.3, 0.4) is 0 Å². The van der Waals surface area contributed by atoms with Crippen molar-refractivity contribution in [1.82, 2.24) is 4.90 Å². The van der Waals surface area contributed by atoms with Crippen LogP contribution in [0.1, 0.15) is 53.4 Å². The van der Waals surface area contributed by atoms with Crippen molar-refractivity contribution in [1.29, 1.82) is 0 Å². The SMILES string of the molecule is CCC(C)C(=O)CN1CCC(C)(CC)CC1. The van der Waals surface area contributed by atoms with Crippen LogP contribution in [0.25, 0.3) is 0 Å². The van der Waals surface area contributed by atoms with Crippen molar-refractivity contribution >= 4 is 5.78 Å². The van der Waals surface area contributed by atoms with Gasteiger partial charge in [0.05, 0.1) is 6.54 Å². The molecule has 2 heteroatoms. The first kappa shape index (κ1) is 13.7. The zero-order valence-corrected chi connectivity index (χ0v) is 11.4. The molecule has 0 spiro atoms. The summed E-state index contributed by atoms with van der Waals surface area (Å²) in [6, 6.07) is 0. The van der Waals surface area contributed by atoms with E-state index in [0.717, 1.165) is 19.5 Å². The topological polar surface area (TPSA) is 20.3 Å². The van der Waals surface area contributed by atoms with E-state index in [1.807, 2.05) is 6.92 Å². The van der Waals surface area contributed by atoms with Gasteiger partial charge in [0.1, 0.15) is 5.78 Å². The van der Waals surface area contributed by atoms with Crippen LogP contribution >= 0.6 is 0 Å². The van der Waals surface area contributed by atoms with Gasteiger partial charge in [0.2, 0.25) is 0 Å². The van der Waals surface area contributed by atoms with E-state index in [1.54, 1.807) is 0 Å². The summed E-state index contributed by atoms with van der Waals surface area (Å²) in [6.07, 6.45) is 4.73. The van der Waals surface area contributed by atoms with Gasteiger partial charge in [0.25, 0.3) is 0 Å². The van der Waals surface area contributed by atoms with Gasteiger partial charge in [-0.3, -0.25) is 9.69 Å². The molecule has 0 N–H and O–H groups in total. The van der Waals surface area contributed by atoms with Gasteiger partial charge in [0.15, 0.2) is 0 Å². The van der Waals surface area contributed by atoms with Crippen molar-refractivity contribution in [2.45, 2.75) is 53.4 Å². The molecule has 0 aromatic rings. The summed E-state index contributed by atoms with van der Waals surface area (Å²) in [6.45, 7) is 11.7. The molecule has 1 rings (SSSR count). The van der Waals surface area contributed by atoms with Crippen LogP contribution in [0.4, 0.5) is 0 Å². The summed E-state index contributed by atoms with van der Waals surface area (Å²) < 4.78 is 0. The highest BCUT2D eigenvalue weighted by atomic mass is 16.1. The van der Waals surface area contributed by atoms with Crippen LogP contribution in [0, 0.1) is 11.3 Å². The minimum absolute atomic E-state index is 0.236. The van der Waals surface area contributed by atoms with Gasteiger partial charge in [-0.2, -0.15) is 0 Å². The molecule has 1 saturated heterocycles. The minimum atomic E-state index is 0.236. The number of ketones is 1. The molecule has 0 bridgehead atoms. The molecular formula is C14H27NO. The largest absolute Gasteiger partial charge is 0.298 e. The van der Waals surface area contributed by atoms with Crippen LogP contribution in [0.2, 0.25) is 0 Å². The van der Waals surface area contributed by atoms with Crippen LogP contribution < -0.4 is 0 Å². The van der Waals surface area contributed by atoms with Crippen molar-refractivity contribution in [2.75, 3.05) is 19.6 Å². The van der Waals surface area contributed by atoms with Gasteiger partial charge in [-0.1, -0.05) is 34.1 Å². The Hall–Kier alpha value is -0.370. The molecular weight excluding hydrogens is 198 g/mol. The predicted octanol–water partition coefficient (Wildman–Crippen LogP) is 3.11. The summed E-state index contributed by atoms with van der Waals surface area (Å²) in [7, 11) is 0. The van der Waals surface area contributed by atoms with E-state index in [-0.39, 0.29) is 5.92 Å². The van der Waals surface area contributed by atoms with Crippen LogP contribution in [-0.4, -0.2) is 30.3 Å². The number of Topliss-reactive ketones (excluding diaryl/α,β-unsaturated/α-hetero) is 1. The number of likely N-dealkylation sites (tertiary alicyclic amines) is 1. The van der Waals surface area contributed by atoms with Crippen molar-refractivity contribution < 1.29 is 4.79 Å². The maximum atomic E-state index is 11.8. The van der Waals surface area contributed by atoms with Gasteiger partial charge in [-0.25, -0.2) is 0 Å². The fraction of sp³-hybridized carbons (Fsp3) is 0.929. The lowest BCUT2D eigenvalue weighted by Gasteiger charge is -2.38. The van der Waals surface area contributed by atoms with Crippen molar-refractivity contribution in [3.63, 3.8) is 0 Å². The summed E-state index contributed by atoms with van der Waals surface area (Å²) in [5.41, 5.74) is 0.524. The monoisotopic (exact) mass is 225 g/mol. The Morgan fingerprint density at radius 2 is 1.88 bits per heavy atom. The Kier molecular flexibility index (Phi) is 4.97. The van der Waals surface area contributed by atoms with Crippen molar-refractivity contribution in [3.8, 4) is 0 Å². The number of hydrogen-bond donors (Lipinski definition) is 0. The predicted molar refractivity (Wildman–Crippen MR) is 68.5 cm³/mol. The van der Waals surface area contributed by atoms with E-state index in [2.05, 4.69) is 25.7 Å². The van der Waals surface area contributed by atoms with Crippen molar-refractivity contribution in [2.24, 2.45) is 11.3 Å². The molecule has 1 fully saturated rings. The lowest BCUT2D eigenvalue weighted by molar-refractivity contribution is -0.124. The Morgan fingerprint density at radius 1 is 1.31 bits per heavy atom. The quantitative estimate of drug-likeness (QED) is 0.716. The highest BCUT2D eigenvalue weighted by Gasteiger charge is 2.29. The van der Waals surface area contributed by atoms with Gasteiger partial charge in [0, 0.05) is 5.92 Å². The highest BCUT2D eigenvalue weighted by Crippen LogP contribution is 2.33. The van der Waals surface area contributed by atoms with Gasteiger partial charge < -0.3 is 0 Å². The number of carbonyl (C=O) groups is 1. The molecule has 1 aliphatic rings. The molecule has 0 aliphatic carbocycles. The molecule has 0 aromatic heterocycles. The second-order valence-electron chi connectivity index (χ2n) is 5.72. The number of hydrogen-bond acceptors (Lipinski definition) is 2. The Labute approximate surface area is 100 Å². The third-order valence-electron chi connectivity index (χ3n) is 4.46. The maximum absolute atomic E-state index is 11.8. The fourth-order valence-corrected chi connectivity index (χ4v) is 2.21. The fourth-order valence-electron chi connectivity index (χ4n) is 2.21. The smallest absolute Gasteiger partial charge is 0.149 e. The molecule has 94 valence electrons. The molecule has 2 nitrogen and oxygen atoms in total. The maximum Gasteiger partial charge on any atom is 0.149 e. The van der Waals surface area contributed by atoms with Crippen LogP contribution in [-0.2, 0) is 4.79 Å². The van der Waals surface area contributed by atoms with E-state index in [1.165, 1.54) is 19.3 Å². The number of carbonyl (C=O) groups excluding carboxylic acids is 1. The molecule has 1 aliphatic heterocycles. The zero-order valence-electron chi connectivity index (χ0n) is 11.4. The molecule has 0 aromatic carbocycles. The molecule has 0 saturated carbocycles. The van der Waals surface area contributed by atoms with Gasteiger partial charge in [-0.05, 0) is 37.8 Å². The molecule has 1 heterocycles. The van der Waals surface area contributed by atoms with E-state index >= 15 is 0 Å². The summed E-state index contributed by atoms with van der Waals surface area (Å²) in [5, 5.41) is 0. The first-order valence-electron chi connectivity index (χ1n) is 6.76. The third-order valence-corrected chi connectivity index (χ3v) is 4.46. The van der Waals surface area contributed by atoms with Gasteiger partial charge in [-0.15, -0.1) is 0 Å². The van der Waals surface area contributed by atoms with Crippen LogP contribution in [0.5, 0.6) is 0 Å². The standard InChI is InChI=1S/C14H27NO/c1-5-12(3)13(16)11-15-9-7-14(4,6-2)8-10-15/h12H,5-11H2,1-4H3. The van der Waals surface area contributed by atoms with E-state index in [0.29, 0.717) is 17.7 Å². The zero-order chi connectivity index (χ0) is 12.2. The molecule has 1 atom stereocenters. The van der Waals surface area contributed by atoms with E-state index < -0.39 is 0 Å². The Bertz CT molecular complexity index is 229. The van der Waals surface area contributed by atoms with E-state index in [4.69, 9.17) is 0 Å². The summed E-state index contributed by atoms with van der Waals surface area (Å²) in [5.74, 6) is 0.655. The summed E-state index contributed by atoms with van der Waals surface area (Å²) in [4.78, 5) is 14.2. The Morgan fingerprint density at radius 3 is 2.31 bits per heavy atom. The van der Waals surface area contributed by atoms with E-state index in [9.17, 15) is 4.79 Å². The average Bonchev–Trinajstić information content (AvgIpc) is 2.31. The first-order valence-corrected chi connectivity index (χ1v) is 6.76. The second-order valence-corrected chi connectivity index (χ2v) is 5.72.